The summed E-state index contributed by atoms with van der Waals surface area (Å²) in [7, 11) is 0. The van der Waals surface area contributed by atoms with Gasteiger partial charge in [-0.15, -0.1) is 0 Å². The van der Waals surface area contributed by atoms with Gasteiger partial charge in [0.05, 0.1) is 5.69 Å². The Balaban J connectivity index is 1.65. The van der Waals surface area contributed by atoms with Crippen molar-refractivity contribution in [3.63, 3.8) is 0 Å². The maximum absolute atomic E-state index is 6.03. The molecule has 0 spiro atoms. The Morgan fingerprint density at radius 2 is 1.83 bits per heavy atom. The summed E-state index contributed by atoms with van der Waals surface area (Å²) < 4.78 is 0. The first kappa shape index (κ1) is 16.0. The zero-order valence-corrected chi connectivity index (χ0v) is 13.9. The van der Waals surface area contributed by atoms with Crippen molar-refractivity contribution in [2.75, 3.05) is 0 Å². The van der Waals surface area contributed by atoms with Crippen LogP contribution in [0.25, 0.3) is 0 Å². The van der Waals surface area contributed by atoms with Gasteiger partial charge >= 0.3 is 0 Å². The van der Waals surface area contributed by atoms with Gasteiger partial charge in [0.15, 0.2) is 0 Å². The van der Waals surface area contributed by atoms with Gasteiger partial charge in [0, 0.05) is 17.5 Å². The highest BCUT2D eigenvalue weighted by molar-refractivity contribution is 6.30. The third-order valence-electron chi connectivity index (χ3n) is 4.15. The predicted octanol–water partition coefficient (Wildman–Crippen LogP) is 4.85. The van der Waals surface area contributed by atoms with E-state index in [-0.39, 0.29) is 0 Å². The maximum atomic E-state index is 6.03. The molecule has 0 bridgehead atoms. The summed E-state index contributed by atoms with van der Waals surface area (Å²) in [6.07, 6.45) is 4.98. The second-order valence-corrected chi connectivity index (χ2v) is 6.36. The van der Waals surface area contributed by atoms with Crippen LogP contribution in [0.3, 0.4) is 0 Å². The molecule has 0 heterocycles. The Hall–Kier alpha value is -1.84. The molecule has 2 N–H and O–H groups in total. The van der Waals surface area contributed by atoms with Crippen LogP contribution in [0.4, 0.5) is 5.69 Å². The van der Waals surface area contributed by atoms with Crippen molar-refractivity contribution in [1.82, 2.24) is 10.9 Å². The number of rotatable bonds is 5. The van der Waals surface area contributed by atoms with Gasteiger partial charge in [-0.2, -0.15) is 0 Å². The SMILES string of the molecule is Clc1cccc(CNN/C(=N/c2ccccc2)C2CCCC2)c1. The zero-order chi connectivity index (χ0) is 15.9. The molecule has 1 saturated carbocycles. The van der Waals surface area contributed by atoms with E-state index in [4.69, 9.17) is 16.6 Å². The van der Waals surface area contributed by atoms with E-state index >= 15 is 0 Å². The number of nitrogens with one attached hydrogen (secondary N) is 2. The smallest absolute Gasteiger partial charge is 0.119 e. The molecule has 120 valence electrons. The molecule has 0 aliphatic heterocycles. The molecule has 0 amide bonds. The number of benzene rings is 2. The molecule has 1 aliphatic rings. The summed E-state index contributed by atoms with van der Waals surface area (Å²) in [5.74, 6) is 1.55. The van der Waals surface area contributed by atoms with Crippen LogP contribution < -0.4 is 10.9 Å². The Morgan fingerprint density at radius 3 is 2.57 bits per heavy atom. The molecule has 1 aliphatic carbocycles. The Kier molecular flexibility index (Phi) is 5.67. The van der Waals surface area contributed by atoms with E-state index in [1.807, 2.05) is 48.5 Å². The molecule has 0 aromatic heterocycles. The predicted molar refractivity (Wildman–Crippen MR) is 96.9 cm³/mol. The molecule has 0 atom stereocenters. The van der Waals surface area contributed by atoms with Gasteiger partial charge in [-0.1, -0.05) is 54.8 Å². The quantitative estimate of drug-likeness (QED) is 0.467. The summed E-state index contributed by atoms with van der Waals surface area (Å²) in [5, 5.41) is 0.762. The zero-order valence-electron chi connectivity index (χ0n) is 13.1. The minimum absolute atomic E-state index is 0.516. The van der Waals surface area contributed by atoms with Crippen LogP contribution in [0.2, 0.25) is 5.02 Å². The number of hydrogen-bond acceptors (Lipinski definition) is 2. The normalized spacial score (nSPS) is 15.8. The Labute approximate surface area is 142 Å². The Morgan fingerprint density at radius 1 is 1.04 bits per heavy atom. The van der Waals surface area contributed by atoms with Crippen molar-refractivity contribution in [1.29, 1.82) is 0 Å². The van der Waals surface area contributed by atoms with Crippen molar-refractivity contribution < 1.29 is 0 Å². The monoisotopic (exact) mass is 327 g/mol. The van der Waals surface area contributed by atoms with Crippen LogP contribution in [-0.4, -0.2) is 5.84 Å². The third-order valence-corrected chi connectivity index (χ3v) is 4.38. The number of amidine groups is 1. The highest BCUT2D eigenvalue weighted by Gasteiger charge is 2.20. The number of nitrogens with zero attached hydrogens (tertiary/aromatic N) is 1. The molecule has 0 saturated heterocycles. The summed E-state index contributed by atoms with van der Waals surface area (Å²) in [6.45, 7) is 0.709. The van der Waals surface area contributed by atoms with E-state index in [2.05, 4.69) is 16.9 Å². The largest absolute Gasteiger partial charge is 0.309 e. The van der Waals surface area contributed by atoms with E-state index in [0.29, 0.717) is 12.5 Å². The molecule has 2 aromatic carbocycles. The standard InChI is InChI=1S/C19H22ClN3/c20-17-10-6-7-15(13-17)14-21-23-19(16-8-4-5-9-16)22-18-11-2-1-3-12-18/h1-3,6-7,10-13,16,21H,4-5,8-9,14H2,(H,22,23). The number of halogens is 1. The molecular weight excluding hydrogens is 306 g/mol. The third kappa shape index (κ3) is 4.81. The number of hydrazine groups is 1. The topological polar surface area (TPSA) is 36.4 Å². The van der Waals surface area contributed by atoms with Gasteiger partial charge in [0.1, 0.15) is 5.84 Å². The molecule has 3 nitrogen and oxygen atoms in total. The average Bonchev–Trinajstić information content (AvgIpc) is 3.09. The summed E-state index contributed by atoms with van der Waals surface area (Å²) in [4.78, 5) is 4.81. The van der Waals surface area contributed by atoms with Gasteiger partial charge in [0.25, 0.3) is 0 Å². The van der Waals surface area contributed by atoms with E-state index in [1.165, 1.54) is 25.7 Å². The fourth-order valence-electron chi connectivity index (χ4n) is 2.95. The first-order valence-electron chi connectivity index (χ1n) is 8.18. The lowest BCUT2D eigenvalue weighted by Gasteiger charge is -2.17. The molecule has 0 radical (unpaired) electrons. The van der Waals surface area contributed by atoms with Crippen molar-refractivity contribution in [2.45, 2.75) is 32.2 Å². The van der Waals surface area contributed by atoms with Crippen LogP contribution in [0.5, 0.6) is 0 Å². The van der Waals surface area contributed by atoms with Crippen molar-refractivity contribution >= 4 is 23.1 Å². The second-order valence-electron chi connectivity index (χ2n) is 5.92. The molecule has 3 rings (SSSR count). The van der Waals surface area contributed by atoms with Gasteiger partial charge in [0.2, 0.25) is 0 Å². The maximum Gasteiger partial charge on any atom is 0.119 e. The van der Waals surface area contributed by atoms with Gasteiger partial charge in [-0.25, -0.2) is 10.4 Å². The molecule has 1 fully saturated rings. The van der Waals surface area contributed by atoms with Gasteiger partial charge in [-0.05, 0) is 42.7 Å². The molecule has 23 heavy (non-hydrogen) atoms. The van der Waals surface area contributed by atoms with Crippen LogP contribution in [0, 0.1) is 5.92 Å². The van der Waals surface area contributed by atoms with E-state index in [9.17, 15) is 0 Å². The minimum atomic E-state index is 0.516. The van der Waals surface area contributed by atoms with Gasteiger partial charge < -0.3 is 5.43 Å². The number of para-hydroxylation sites is 1. The first-order valence-corrected chi connectivity index (χ1v) is 8.56. The summed E-state index contributed by atoms with van der Waals surface area (Å²) >= 11 is 6.03. The summed E-state index contributed by atoms with van der Waals surface area (Å²) in [5.41, 5.74) is 8.76. The van der Waals surface area contributed by atoms with E-state index in [0.717, 1.165) is 22.1 Å². The molecule has 4 heteroatoms. The van der Waals surface area contributed by atoms with Crippen molar-refractivity contribution in [3.05, 3.63) is 65.2 Å². The van der Waals surface area contributed by atoms with E-state index in [1.54, 1.807) is 0 Å². The van der Waals surface area contributed by atoms with E-state index < -0.39 is 0 Å². The van der Waals surface area contributed by atoms with Crippen LogP contribution in [0.1, 0.15) is 31.2 Å². The Bertz CT molecular complexity index is 649. The van der Waals surface area contributed by atoms with Crippen molar-refractivity contribution in [2.24, 2.45) is 10.9 Å². The highest BCUT2D eigenvalue weighted by atomic mass is 35.5. The lowest BCUT2D eigenvalue weighted by molar-refractivity contribution is 0.602. The second kappa shape index (κ2) is 8.14. The highest BCUT2D eigenvalue weighted by Crippen LogP contribution is 2.26. The first-order chi connectivity index (χ1) is 11.3. The lowest BCUT2D eigenvalue weighted by Crippen LogP contribution is -2.40. The van der Waals surface area contributed by atoms with Crippen LogP contribution >= 0.6 is 11.6 Å². The van der Waals surface area contributed by atoms with Crippen LogP contribution in [0.15, 0.2) is 59.6 Å². The summed E-state index contributed by atoms with van der Waals surface area (Å²) in [6, 6.07) is 18.0. The number of hydrogen-bond donors (Lipinski definition) is 2. The fraction of sp³-hybridized carbons (Fsp3) is 0.316. The molecule has 0 unspecified atom stereocenters. The molecule has 2 aromatic rings. The number of aliphatic imine (C=N–C) groups is 1. The van der Waals surface area contributed by atoms with Crippen LogP contribution in [-0.2, 0) is 6.54 Å². The average molecular weight is 328 g/mol. The lowest BCUT2D eigenvalue weighted by atomic mass is 10.1. The fourth-order valence-corrected chi connectivity index (χ4v) is 3.16. The van der Waals surface area contributed by atoms with Gasteiger partial charge in [-0.3, -0.25) is 0 Å². The van der Waals surface area contributed by atoms with Crippen molar-refractivity contribution in [3.8, 4) is 0 Å². The molecular formula is C19H22ClN3. The minimum Gasteiger partial charge on any atom is -0.309 e.